The molecule has 1 aliphatic heterocycles. The van der Waals surface area contributed by atoms with E-state index >= 15 is 0 Å². The Morgan fingerprint density at radius 1 is 1.33 bits per heavy atom. The van der Waals surface area contributed by atoms with E-state index in [9.17, 15) is 17.6 Å². The van der Waals surface area contributed by atoms with Gasteiger partial charge in [-0.15, -0.1) is 0 Å². The van der Waals surface area contributed by atoms with Crippen molar-refractivity contribution in [2.75, 3.05) is 26.5 Å². The predicted molar refractivity (Wildman–Crippen MR) is 97.4 cm³/mol. The van der Waals surface area contributed by atoms with Gasteiger partial charge < -0.3 is 9.47 Å². The highest BCUT2D eigenvalue weighted by atomic mass is 35.5. The largest absolute Gasteiger partial charge is 0.492 e. The molecule has 27 heavy (non-hydrogen) atoms. The van der Waals surface area contributed by atoms with Gasteiger partial charge in [-0.1, -0.05) is 24.4 Å². The fourth-order valence-corrected chi connectivity index (χ4v) is 4.47. The smallest absolute Gasteiger partial charge is 0.306 e. The maximum Gasteiger partial charge on any atom is 0.306 e. The van der Waals surface area contributed by atoms with E-state index in [1.807, 2.05) is 4.72 Å². The topological polar surface area (TPSA) is 84.9 Å². The van der Waals surface area contributed by atoms with Gasteiger partial charge in [0, 0.05) is 19.2 Å². The molecule has 2 aliphatic rings. The van der Waals surface area contributed by atoms with Gasteiger partial charge in [0.05, 0.1) is 17.2 Å². The van der Waals surface area contributed by atoms with Crippen LogP contribution in [0.15, 0.2) is 12.1 Å². The van der Waals surface area contributed by atoms with Crippen LogP contribution in [0.4, 0.5) is 4.39 Å². The van der Waals surface area contributed by atoms with Crippen molar-refractivity contribution in [3.63, 3.8) is 0 Å². The summed E-state index contributed by atoms with van der Waals surface area (Å²) in [7, 11) is -4.12. The van der Waals surface area contributed by atoms with Crippen LogP contribution in [0.1, 0.15) is 42.5 Å². The fourth-order valence-electron chi connectivity index (χ4n) is 3.20. The van der Waals surface area contributed by atoms with E-state index in [1.54, 1.807) is 0 Å². The van der Waals surface area contributed by atoms with Crippen molar-refractivity contribution in [2.24, 2.45) is 5.92 Å². The summed E-state index contributed by atoms with van der Waals surface area (Å²) < 4.78 is 52.3. The number of benzene rings is 1. The van der Waals surface area contributed by atoms with Gasteiger partial charge in [-0.2, -0.15) is 12.7 Å². The first-order valence-corrected chi connectivity index (χ1v) is 10.7. The molecule has 2 fully saturated rings. The van der Waals surface area contributed by atoms with Crippen LogP contribution >= 0.6 is 11.6 Å². The van der Waals surface area contributed by atoms with E-state index in [2.05, 4.69) is 0 Å². The van der Waals surface area contributed by atoms with Crippen LogP contribution in [0.5, 0.6) is 5.75 Å². The zero-order chi connectivity index (χ0) is 19.4. The molecule has 0 bridgehead atoms. The number of nitrogens with one attached hydrogen (secondary N) is 1. The highest BCUT2D eigenvalue weighted by Gasteiger charge is 2.28. The summed E-state index contributed by atoms with van der Waals surface area (Å²) in [5.74, 6) is -1.43. The summed E-state index contributed by atoms with van der Waals surface area (Å²) in [4.78, 5) is 12.3. The third-order valence-corrected chi connectivity index (χ3v) is 6.42. The first-order valence-electron chi connectivity index (χ1n) is 8.88. The lowest BCUT2D eigenvalue weighted by Gasteiger charge is -2.25. The van der Waals surface area contributed by atoms with Gasteiger partial charge in [0.25, 0.3) is 5.91 Å². The third kappa shape index (κ3) is 5.10. The lowest BCUT2D eigenvalue weighted by molar-refractivity contribution is 0.0306. The Labute approximate surface area is 162 Å². The van der Waals surface area contributed by atoms with Crippen molar-refractivity contribution in [2.45, 2.75) is 32.1 Å². The molecule has 0 atom stereocenters. The minimum absolute atomic E-state index is 0.0539. The molecule has 7 nitrogen and oxygen atoms in total. The maximum atomic E-state index is 14.4. The Morgan fingerprint density at radius 2 is 2.07 bits per heavy atom. The number of rotatable bonds is 6. The molecule has 0 spiro atoms. The van der Waals surface area contributed by atoms with Crippen molar-refractivity contribution in [3.8, 4) is 5.75 Å². The molecule has 1 amide bonds. The number of amides is 1. The first-order chi connectivity index (χ1) is 12.9. The summed E-state index contributed by atoms with van der Waals surface area (Å²) in [6.45, 7) is 0.958. The molecule has 0 unspecified atom stereocenters. The zero-order valence-electron chi connectivity index (χ0n) is 14.7. The average molecular weight is 421 g/mol. The lowest BCUT2D eigenvalue weighted by Crippen LogP contribution is -2.47. The quantitative estimate of drug-likeness (QED) is 0.764. The van der Waals surface area contributed by atoms with E-state index in [4.69, 9.17) is 21.1 Å². The number of carbonyl (C=O) groups excluding carboxylic acids is 1. The molecule has 0 aromatic heterocycles. The molecule has 150 valence electrons. The van der Waals surface area contributed by atoms with Gasteiger partial charge in [0.1, 0.15) is 18.3 Å². The van der Waals surface area contributed by atoms with Crippen molar-refractivity contribution in [1.82, 2.24) is 9.03 Å². The minimum atomic E-state index is -4.12. The second-order valence-corrected chi connectivity index (χ2v) is 8.80. The first kappa shape index (κ1) is 20.3. The Bertz CT molecular complexity index is 793. The van der Waals surface area contributed by atoms with Gasteiger partial charge >= 0.3 is 10.2 Å². The average Bonchev–Trinajstić information content (AvgIpc) is 3.16. The van der Waals surface area contributed by atoms with E-state index < -0.39 is 27.5 Å². The van der Waals surface area contributed by atoms with Crippen LogP contribution in [0, 0.1) is 11.7 Å². The SMILES string of the molecule is O=C(NS(=O)(=O)N1CCCOC1)c1cc(Cl)c(OCC2CCCC2)cc1F. The zero-order valence-corrected chi connectivity index (χ0v) is 16.3. The highest BCUT2D eigenvalue weighted by molar-refractivity contribution is 7.87. The summed E-state index contributed by atoms with van der Waals surface area (Å²) in [5, 5.41) is 0.0539. The molecular weight excluding hydrogens is 399 g/mol. The van der Waals surface area contributed by atoms with Crippen molar-refractivity contribution in [3.05, 3.63) is 28.5 Å². The molecule has 1 aromatic carbocycles. The Balaban J connectivity index is 1.68. The van der Waals surface area contributed by atoms with Crippen LogP contribution in [0.2, 0.25) is 5.02 Å². The summed E-state index contributed by atoms with van der Waals surface area (Å²) in [5.41, 5.74) is -0.463. The lowest BCUT2D eigenvalue weighted by atomic mass is 10.1. The summed E-state index contributed by atoms with van der Waals surface area (Å²) >= 11 is 6.10. The molecule has 10 heteroatoms. The van der Waals surface area contributed by atoms with Crippen LogP contribution in [-0.4, -0.2) is 45.1 Å². The molecule has 1 heterocycles. The molecule has 1 aliphatic carbocycles. The number of hydrogen-bond acceptors (Lipinski definition) is 5. The number of hydrogen-bond donors (Lipinski definition) is 1. The summed E-state index contributed by atoms with van der Waals surface area (Å²) in [6.07, 6.45) is 4.97. The number of nitrogens with zero attached hydrogens (tertiary/aromatic N) is 1. The van der Waals surface area contributed by atoms with Crippen LogP contribution in [-0.2, 0) is 14.9 Å². The molecule has 1 saturated carbocycles. The molecule has 3 rings (SSSR count). The van der Waals surface area contributed by atoms with Crippen LogP contribution in [0.25, 0.3) is 0 Å². The van der Waals surface area contributed by atoms with Gasteiger partial charge in [-0.25, -0.2) is 9.11 Å². The second kappa shape index (κ2) is 8.72. The molecule has 1 saturated heterocycles. The van der Waals surface area contributed by atoms with Gasteiger partial charge in [0.15, 0.2) is 0 Å². The molecule has 0 radical (unpaired) electrons. The summed E-state index contributed by atoms with van der Waals surface area (Å²) in [6, 6.07) is 2.10. The third-order valence-electron chi connectivity index (χ3n) is 4.71. The van der Waals surface area contributed by atoms with E-state index in [0.29, 0.717) is 25.6 Å². The number of halogens is 2. The predicted octanol–water partition coefficient (Wildman–Crippen LogP) is 2.70. The normalized spacial score (nSPS) is 19.2. The van der Waals surface area contributed by atoms with Crippen molar-refractivity contribution < 1.29 is 27.1 Å². The minimum Gasteiger partial charge on any atom is -0.492 e. The Kier molecular flexibility index (Phi) is 6.56. The second-order valence-electron chi connectivity index (χ2n) is 6.73. The maximum absolute atomic E-state index is 14.4. The monoisotopic (exact) mass is 420 g/mol. The Hall–Kier alpha value is -1.42. The van der Waals surface area contributed by atoms with Gasteiger partial charge in [-0.3, -0.25) is 4.79 Å². The van der Waals surface area contributed by atoms with Crippen molar-refractivity contribution >= 4 is 27.7 Å². The van der Waals surface area contributed by atoms with Crippen LogP contribution in [0.3, 0.4) is 0 Å². The highest BCUT2D eigenvalue weighted by Crippen LogP contribution is 2.31. The Morgan fingerprint density at radius 3 is 2.74 bits per heavy atom. The fraction of sp³-hybridized carbons (Fsp3) is 0.588. The standard InChI is InChI=1S/C17H22ClFN2O5S/c18-14-8-13(15(19)9-16(14)26-10-12-4-1-2-5-12)17(22)20-27(23,24)21-6-3-7-25-11-21/h8-9,12H,1-7,10-11H2,(H,20,22). The van der Waals surface area contributed by atoms with Crippen LogP contribution < -0.4 is 9.46 Å². The van der Waals surface area contributed by atoms with Gasteiger partial charge in [0.2, 0.25) is 0 Å². The van der Waals surface area contributed by atoms with Crippen molar-refractivity contribution in [1.29, 1.82) is 0 Å². The van der Waals surface area contributed by atoms with E-state index in [-0.39, 0.29) is 24.0 Å². The molecule has 1 N–H and O–H groups in total. The van der Waals surface area contributed by atoms with E-state index in [1.165, 1.54) is 0 Å². The van der Waals surface area contributed by atoms with E-state index in [0.717, 1.165) is 42.1 Å². The van der Waals surface area contributed by atoms with Gasteiger partial charge in [-0.05, 0) is 31.2 Å². The number of ether oxygens (including phenoxy) is 2. The number of carbonyl (C=O) groups is 1. The molecule has 1 aromatic rings. The molecular formula is C17H22ClFN2O5S.